The standard InChI is InChI=1S/C26H29FN4O5S/c1-5-36-17-8-10-20(27)19(15-17)21-11-9-18(23(29-21)31-14-12-16(2)26(31,3)4)24(32)30-37(34,35)22-7-6-13-28-25(22)33/h6-11,13,15-16H,5,12,14H2,1-4H3,(H,28,33)(H,30,32). The van der Waals surface area contributed by atoms with E-state index in [0.29, 0.717) is 18.9 Å². The second-order valence-corrected chi connectivity index (χ2v) is 11.1. The number of pyridine rings is 2. The van der Waals surface area contributed by atoms with Crippen molar-refractivity contribution in [3.8, 4) is 17.0 Å². The number of rotatable bonds is 7. The van der Waals surface area contributed by atoms with Crippen LogP contribution in [0.1, 0.15) is 44.5 Å². The second kappa shape index (κ2) is 9.97. The zero-order chi connectivity index (χ0) is 27.0. The zero-order valence-corrected chi connectivity index (χ0v) is 21.9. The normalized spacial score (nSPS) is 17.0. The molecule has 0 aliphatic carbocycles. The van der Waals surface area contributed by atoms with Crippen molar-refractivity contribution in [1.29, 1.82) is 0 Å². The number of aromatic nitrogens is 2. The number of carbonyl (C=O) groups is 1. The summed E-state index contributed by atoms with van der Waals surface area (Å²) in [6, 6.07) is 9.68. The number of halogens is 1. The van der Waals surface area contributed by atoms with E-state index in [1.807, 2.05) is 30.4 Å². The summed E-state index contributed by atoms with van der Waals surface area (Å²) < 4.78 is 48.0. The molecule has 3 heterocycles. The molecule has 1 aromatic carbocycles. The molecule has 9 nitrogen and oxygen atoms in total. The number of hydrogen-bond acceptors (Lipinski definition) is 7. The summed E-state index contributed by atoms with van der Waals surface area (Å²) in [5.41, 5.74) is -0.822. The van der Waals surface area contributed by atoms with Crippen LogP contribution < -0.4 is 19.9 Å². The van der Waals surface area contributed by atoms with E-state index in [1.54, 1.807) is 0 Å². The fourth-order valence-electron chi connectivity index (χ4n) is 4.40. The Balaban J connectivity index is 1.81. The Bertz CT molecular complexity index is 1500. The minimum absolute atomic E-state index is 0.0109. The van der Waals surface area contributed by atoms with Gasteiger partial charge in [0, 0.05) is 23.8 Å². The molecule has 196 valence electrons. The molecule has 2 N–H and O–H groups in total. The van der Waals surface area contributed by atoms with E-state index in [4.69, 9.17) is 4.74 Å². The smallest absolute Gasteiger partial charge is 0.269 e. The number of nitrogens with zero attached hydrogens (tertiary/aromatic N) is 2. The van der Waals surface area contributed by atoms with Gasteiger partial charge in [0.05, 0.1) is 17.9 Å². The number of amides is 1. The topological polar surface area (TPSA) is 121 Å². The van der Waals surface area contributed by atoms with Crippen molar-refractivity contribution in [3.63, 3.8) is 0 Å². The third-order valence-electron chi connectivity index (χ3n) is 6.89. The van der Waals surface area contributed by atoms with E-state index < -0.39 is 37.7 Å². The lowest BCUT2D eigenvalue weighted by atomic mass is 9.90. The first-order valence-corrected chi connectivity index (χ1v) is 13.4. The van der Waals surface area contributed by atoms with Gasteiger partial charge in [-0.15, -0.1) is 0 Å². The minimum Gasteiger partial charge on any atom is -0.494 e. The molecule has 4 rings (SSSR count). The van der Waals surface area contributed by atoms with Gasteiger partial charge in [-0.25, -0.2) is 22.5 Å². The molecule has 1 aliphatic heterocycles. The molecule has 1 saturated heterocycles. The van der Waals surface area contributed by atoms with Crippen LogP contribution in [0.3, 0.4) is 0 Å². The van der Waals surface area contributed by atoms with Gasteiger partial charge in [0.15, 0.2) is 4.90 Å². The fraction of sp³-hybridized carbons (Fsp3) is 0.346. The highest BCUT2D eigenvalue weighted by Crippen LogP contribution is 2.39. The largest absolute Gasteiger partial charge is 0.494 e. The van der Waals surface area contributed by atoms with E-state index >= 15 is 0 Å². The SMILES string of the molecule is CCOc1ccc(F)c(-c2ccc(C(=O)NS(=O)(=O)c3ccc[nH]c3=O)c(N3CCC(C)C3(C)C)n2)c1. The number of H-pyrrole nitrogens is 1. The molecule has 11 heteroatoms. The second-order valence-electron chi connectivity index (χ2n) is 9.44. The van der Waals surface area contributed by atoms with Crippen LogP contribution in [0.25, 0.3) is 11.3 Å². The Labute approximate surface area is 214 Å². The number of nitrogens with one attached hydrogen (secondary N) is 2. The Kier molecular flexibility index (Phi) is 7.09. The molecular formula is C26H29FN4O5S. The van der Waals surface area contributed by atoms with E-state index in [-0.39, 0.29) is 28.6 Å². The lowest BCUT2D eigenvalue weighted by molar-refractivity contribution is 0.0981. The first-order valence-electron chi connectivity index (χ1n) is 11.9. The van der Waals surface area contributed by atoms with Gasteiger partial charge in [-0.3, -0.25) is 9.59 Å². The monoisotopic (exact) mass is 528 g/mol. The summed E-state index contributed by atoms with van der Waals surface area (Å²) >= 11 is 0. The van der Waals surface area contributed by atoms with Gasteiger partial charge in [0.2, 0.25) is 0 Å². The minimum atomic E-state index is -4.47. The lowest BCUT2D eigenvalue weighted by Crippen LogP contribution is -2.44. The summed E-state index contributed by atoms with van der Waals surface area (Å²) in [5.74, 6) is -0.519. The quantitative estimate of drug-likeness (QED) is 0.479. The van der Waals surface area contributed by atoms with Gasteiger partial charge in [-0.2, -0.15) is 0 Å². The third kappa shape index (κ3) is 5.08. The Morgan fingerprint density at radius 2 is 2.03 bits per heavy atom. The molecule has 2 aromatic heterocycles. The van der Waals surface area contributed by atoms with Crippen LogP contribution in [-0.4, -0.2) is 43.0 Å². The van der Waals surface area contributed by atoms with Crippen LogP contribution in [0.15, 0.2) is 58.4 Å². The van der Waals surface area contributed by atoms with Crippen molar-refractivity contribution in [3.05, 3.63) is 70.4 Å². The predicted octanol–water partition coefficient (Wildman–Crippen LogP) is 3.72. The van der Waals surface area contributed by atoms with Gasteiger partial charge in [-0.05, 0) is 75.6 Å². The molecule has 1 unspecified atom stereocenters. The van der Waals surface area contributed by atoms with Gasteiger partial charge in [0.1, 0.15) is 17.4 Å². The molecule has 1 atom stereocenters. The maximum absolute atomic E-state index is 14.8. The van der Waals surface area contributed by atoms with Crippen LogP contribution in [0, 0.1) is 11.7 Å². The van der Waals surface area contributed by atoms with Gasteiger partial charge >= 0.3 is 0 Å². The van der Waals surface area contributed by atoms with E-state index in [2.05, 4.69) is 16.9 Å². The van der Waals surface area contributed by atoms with Gasteiger partial charge in [0.25, 0.3) is 21.5 Å². The summed E-state index contributed by atoms with van der Waals surface area (Å²) in [4.78, 5) is 33.6. The molecule has 1 aliphatic rings. The van der Waals surface area contributed by atoms with Crippen LogP contribution in [0.2, 0.25) is 0 Å². The lowest BCUT2D eigenvalue weighted by Gasteiger charge is -2.36. The molecule has 37 heavy (non-hydrogen) atoms. The number of hydrogen-bond donors (Lipinski definition) is 2. The number of sulfonamides is 1. The van der Waals surface area contributed by atoms with Crippen molar-refractivity contribution in [2.24, 2.45) is 5.92 Å². The summed E-state index contributed by atoms with van der Waals surface area (Å²) in [5, 5.41) is 0. The number of carbonyl (C=O) groups excluding carboxylic acids is 1. The zero-order valence-electron chi connectivity index (χ0n) is 21.0. The highest BCUT2D eigenvalue weighted by Gasteiger charge is 2.41. The third-order valence-corrected chi connectivity index (χ3v) is 8.24. The molecule has 0 spiro atoms. The molecule has 0 radical (unpaired) electrons. The van der Waals surface area contributed by atoms with Crippen molar-refractivity contribution >= 4 is 21.7 Å². The molecule has 1 fully saturated rings. The first-order chi connectivity index (χ1) is 17.5. The summed E-state index contributed by atoms with van der Waals surface area (Å²) in [7, 11) is -4.47. The highest BCUT2D eigenvalue weighted by atomic mass is 32.2. The van der Waals surface area contributed by atoms with Crippen LogP contribution >= 0.6 is 0 Å². The van der Waals surface area contributed by atoms with Crippen LogP contribution in [-0.2, 0) is 10.0 Å². The van der Waals surface area contributed by atoms with Crippen molar-refractivity contribution < 1.29 is 22.3 Å². The molecule has 0 saturated carbocycles. The first kappa shape index (κ1) is 26.3. The molecule has 0 bridgehead atoms. The summed E-state index contributed by atoms with van der Waals surface area (Å²) in [6.07, 6.45) is 2.12. The van der Waals surface area contributed by atoms with Gasteiger partial charge in [-0.1, -0.05) is 6.92 Å². The van der Waals surface area contributed by atoms with Crippen LogP contribution in [0.5, 0.6) is 5.75 Å². The maximum Gasteiger partial charge on any atom is 0.269 e. The Hall–Kier alpha value is -3.73. The van der Waals surface area contributed by atoms with E-state index in [0.717, 1.165) is 12.5 Å². The number of benzene rings is 1. The van der Waals surface area contributed by atoms with Crippen molar-refractivity contribution in [2.45, 2.75) is 44.6 Å². The highest BCUT2D eigenvalue weighted by molar-refractivity contribution is 7.90. The van der Waals surface area contributed by atoms with E-state index in [9.17, 15) is 22.4 Å². The maximum atomic E-state index is 14.8. The van der Waals surface area contributed by atoms with Gasteiger partial charge < -0.3 is 14.6 Å². The predicted molar refractivity (Wildman–Crippen MR) is 138 cm³/mol. The summed E-state index contributed by atoms with van der Waals surface area (Å²) in [6.45, 7) is 8.90. The molecular weight excluding hydrogens is 499 g/mol. The average Bonchev–Trinajstić information content (AvgIpc) is 3.11. The number of ether oxygens (including phenoxy) is 1. The van der Waals surface area contributed by atoms with Crippen molar-refractivity contribution in [1.82, 2.24) is 14.7 Å². The van der Waals surface area contributed by atoms with Crippen molar-refractivity contribution in [2.75, 3.05) is 18.1 Å². The fourth-order valence-corrected chi connectivity index (χ4v) is 5.42. The molecule has 3 aromatic rings. The molecule has 1 amide bonds. The Morgan fingerprint density at radius 3 is 2.68 bits per heavy atom. The average molecular weight is 529 g/mol. The Morgan fingerprint density at radius 1 is 1.27 bits per heavy atom. The number of aromatic amines is 1. The number of anilines is 1. The van der Waals surface area contributed by atoms with Crippen LogP contribution in [0.4, 0.5) is 10.2 Å². The van der Waals surface area contributed by atoms with E-state index in [1.165, 1.54) is 42.6 Å².